The number of nitrogens with zero attached hydrogens (tertiary/aromatic N) is 1. The average molecular weight is 464 g/mol. The minimum absolute atomic E-state index is 0.136. The van der Waals surface area contributed by atoms with Crippen molar-refractivity contribution in [2.75, 3.05) is 7.05 Å². The average Bonchev–Trinajstić information content (AvgIpc) is 2.79. The Kier molecular flexibility index (Phi) is 7.79. The summed E-state index contributed by atoms with van der Waals surface area (Å²) in [5, 5.41) is 9.63. The molecule has 34 heavy (non-hydrogen) atoms. The molecule has 0 heterocycles. The molecule has 0 aliphatic heterocycles. The predicted octanol–water partition coefficient (Wildman–Crippen LogP) is 6.13. The van der Waals surface area contributed by atoms with E-state index in [1.807, 2.05) is 54.6 Å². The van der Waals surface area contributed by atoms with Gasteiger partial charge in [-0.05, 0) is 74.9 Å². The number of hydrogen-bond donors (Lipinski definition) is 1. The summed E-state index contributed by atoms with van der Waals surface area (Å²) in [6.45, 7) is 5.20. The summed E-state index contributed by atoms with van der Waals surface area (Å²) >= 11 is 0. The van der Waals surface area contributed by atoms with Crippen LogP contribution in [-0.4, -0.2) is 40.8 Å². The number of amides is 1. The molecule has 0 bridgehead atoms. The molecule has 1 atom stereocenters. The first kappa shape index (κ1) is 24.6. The van der Waals surface area contributed by atoms with Gasteiger partial charge in [-0.1, -0.05) is 30.3 Å². The molecule has 0 aliphatic rings. The Balaban J connectivity index is 1.60. The molecular formula is C27H29NO6. The van der Waals surface area contributed by atoms with Crippen LogP contribution in [0.15, 0.2) is 78.9 Å². The van der Waals surface area contributed by atoms with Crippen LogP contribution in [-0.2, 0) is 16.0 Å². The van der Waals surface area contributed by atoms with Gasteiger partial charge >= 0.3 is 12.1 Å². The van der Waals surface area contributed by atoms with Gasteiger partial charge in [-0.15, -0.1) is 0 Å². The molecule has 7 heteroatoms. The first-order valence-corrected chi connectivity index (χ1v) is 10.9. The highest BCUT2D eigenvalue weighted by atomic mass is 16.6. The van der Waals surface area contributed by atoms with Gasteiger partial charge in [0, 0.05) is 13.5 Å². The van der Waals surface area contributed by atoms with E-state index in [4.69, 9.17) is 14.2 Å². The molecule has 3 rings (SSSR count). The van der Waals surface area contributed by atoms with Crippen molar-refractivity contribution in [2.45, 2.75) is 38.8 Å². The lowest BCUT2D eigenvalue weighted by Gasteiger charge is -2.28. The van der Waals surface area contributed by atoms with E-state index in [9.17, 15) is 14.7 Å². The van der Waals surface area contributed by atoms with Crippen molar-refractivity contribution in [1.29, 1.82) is 0 Å². The van der Waals surface area contributed by atoms with Gasteiger partial charge in [-0.3, -0.25) is 4.90 Å². The third-order valence-corrected chi connectivity index (χ3v) is 4.82. The van der Waals surface area contributed by atoms with Crippen LogP contribution in [0, 0.1) is 0 Å². The summed E-state index contributed by atoms with van der Waals surface area (Å²) < 4.78 is 16.9. The smallest absolute Gasteiger partial charge is 0.410 e. The summed E-state index contributed by atoms with van der Waals surface area (Å²) in [7, 11) is 1.43. The fourth-order valence-electron chi connectivity index (χ4n) is 3.10. The van der Waals surface area contributed by atoms with Crippen LogP contribution < -0.4 is 9.47 Å². The molecule has 0 radical (unpaired) electrons. The first-order valence-electron chi connectivity index (χ1n) is 10.9. The Morgan fingerprint density at radius 2 is 1.24 bits per heavy atom. The third kappa shape index (κ3) is 7.27. The van der Waals surface area contributed by atoms with E-state index >= 15 is 0 Å². The highest BCUT2D eigenvalue weighted by Gasteiger charge is 2.30. The van der Waals surface area contributed by atoms with Crippen LogP contribution in [0.5, 0.6) is 23.0 Å². The molecule has 3 aromatic rings. The van der Waals surface area contributed by atoms with E-state index in [0.29, 0.717) is 17.2 Å². The standard InChI is InChI=1S/C27H29NO6/c1-27(2,3)34-26(31)28(4)24(25(29)30)18-19-10-12-21(13-11-19)33-23-16-14-22(15-17-23)32-20-8-6-5-7-9-20/h5-17,24H,18H2,1-4H3,(H,29,30)/t24-/m0/s1. The maximum atomic E-state index is 12.3. The molecule has 178 valence electrons. The number of hydrogen-bond acceptors (Lipinski definition) is 5. The minimum Gasteiger partial charge on any atom is -0.480 e. The minimum atomic E-state index is -1.11. The second-order valence-corrected chi connectivity index (χ2v) is 8.78. The molecule has 1 N–H and O–H groups in total. The zero-order chi connectivity index (χ0) is 24.7. The van der Waals surface area contributed by atoms with Gasteiger partial charge in [0.05, 0.1) is 0 Å². The maximum absolute atomic E-state index is 12.3. The lowest BCUT2D eigenvalue weighted by atomic mass is 10.1. The topological polar surface area (TPSA) is 85.3 Å². The van der Waals surface area contributed by atoms with Crippen molar-refractivity contribution >= 4 is 12.1 Å². The van der Waals surface area contributed by atoms with Gasteiger partial charge in [0.1, 0.15) is 34.6 Å². The van der Waals surface area contributed by atoms with Gasteiger partial charge in [-0.2, -0.15) is 0 Å². The Hall–Kier alpha value is -4.00. The predicted molar refractivity (Wildman–Crippen MR) is 129 cm³/mol. The molecule has 0 aliphatic carbocycles. The molecule has 7 nitrogen and oxygen atoms in total. The van der Waals surface area contributed by atoms with Gasteiger partial charge in [0.2, 0.25) is 0 Å². The number of para-hydroxylation sites is 1. The van der Waals surface area contributed by atoms with Crippen LogP contribution in [0.3, 0.4) is 0 Å². The SMILES string of the molecule is CN(C(=O)OC(C)(C)C)[C@@H](Cc1ccc(Oc2ccc(Oc3ccccc3)cc2)cc1)C(=O)O. The highest BCUT2D eigenvalue weighted by Crippen LogP contribution is 2.27. The Labute approximate surface area is 199 Å². The molecule has 1 amide bonds. The van der Waals surface area contributed by atoms with Crippen LogP contribution in [0.4, 0.5) is 4.79 Å². The van der Waals surface area contributed by atoms with Crippen molar-refractivity contribution < 1.29 is 28.9 Å². The number of carbonyl (C=O) groups excluding carboxylic acids is 1. The number of carbonyl (C=O) groups is 2. The van der Waals surface area contributed by atoms with Gasteiger partial charge in [-0.25, -0.2) is 9.59 Å². The molecule has 0 saturated carbocycles. The summed E-state index contributed by atoms with van der Waals surface area (Å²) in [5.41, 5.74) is 0.0426. The fourth-order valence-corrected chi connectivity index (χ4v) is 3.10. The number of carboxylic acids is 1. The summed E-state index contributed by atoms with van der Waals surface area (Å²) in [6.07, 6.45) is -0.545. The maximum Gasteiger partial charge on any atom is 0.410 e. The monoisotopic (exact) mass is 463 g/mol. The fraction of sp³-hybridized carbons (Fsp3) is 0.259. The number of benzene rings is 3. The molecule has 0 fully saturated rings. The Morgan fingerprint density at radius 3 is 1.68 bits per heavy atom. The van der Waals surface area contributed by atoms with E-state index in [1.165, 1.54) is 7.05 Å². The van der Waals surface area contributed by atoms with E-state index in [0.717, 1.165) is 16.2 Å². The summed E-state index contributed by atoms with van der Waals surface area (Å²) in [4.78, 5) is 25.2. The summed E-state index contributed by atoms with van der Waals surface area (Å²) in [5.74, 6) is 1.59. The Morgan fingerprint density at radius 1 is 0.794 bits per heavy atom. The van der Waals surface area contributed by atoms with Crippen LogP contribution in [0.25, 0.3) is 0 Å². The molecular weight excluding hydrogens is 434 g/mol. The number of aliphatic carboxylic acids is 1. The molecule has 0 unspecified atom stereocenters. The normalized spacial score (nSPS) is 11.9. The first-order chi connectivity index (χ1) is 16.1. The number of ether oxygens (including phenoxy) is 3. The molecule has 3 aromatic carbocycles. The lowest BCUT2D eigenvalue weighted by molar-refractivity contribution is -0.142. The molecule has 0 saturated heterocycles. The van der Waals surface area contributed by atoms with Crippen LogP contribution in [0.1, 0.15) is 26.3 Å². The quantitative estimate of drug-likeness (QED) is 0.432. The number of rotatable bonds is 8. The zero-order valence-corrected chi connectivity index (χ0v) is 19.7. The summed E-state index contributed by atoms with van der Waals surface area (Å²) in [6, 6.07) is 22.8. The molecule has 0 spiro atoms. The van der Waals surface area contributed by atoms with E-state index in [-0.39, 0.29) is 6.42 Å². The van der Waals surface area contributed by atoms with Gasteiger partial charge < -0.3 is 19.3 Å². The Bertz CT molecular complexity index is 1090. The second kappa shape index (κ2) is 10.7. The van der Waals surface area contributed by atoms with Gasteiger partial charge in [0.15, 0.2) is 0 Å². The van der Waals surface area contributed by atoms with Crippen molar-refractivity contribution in [2.24, 2.45) is 0 Å². The van der Waals surface area contributed by atoms with Crippen molar-refractivity contribution in [3.05, 3.63) is 84.4 Å². The van der Waals surface area contributed by atoms with Gasteiger partial charge in [0.25, 0.3) is 0 Å². The third-order valence-electron chi connectivity index (χ3n) is 4.82. The molecule has 0 aromatic heterocycles. The van der Waals surface area contributed by atoms with Crippen molar-refractivity contribution in [3.63, 3.8) is 0 Å². The van der Waals surface area contributed by atoms with Crippen LogP contribution in [0.2, 0.25) is 0 Å². The van der Waals surface area contributed by atoms with E-state index in [2.05, 4.69) is 0 Å². The number of carboxylic acid groups (broad SMARTS) is 1. The largest absolute Gasteiger partial charge is 0.480 e. The van der Waals surface area contributed by atoms with Crippen molar-refractivity contribution in [3.8, 4) is 23.0 Å². The van der Waals surface area contributed by atoms with E-state index < -0.39 is 23.7 Å². The van der Waals surface area contributed by atoms with Crippen molar-refractivity contribution in [1.82, 2.24) is 4.90 Å². The lowest BCUT2D eigenvalue weighted by Crippen LogP contribution is -2.46. The van der Waals surface area contributed by atoms with E-state index in [1.54, 1.807) is 45.0 Å². The zero-order valence-electron chi connectivity index (χ0n) is 19.7. The number of likely N-dealkylation sites (N-methyl/N-ethyl adjacent to an activating group) is 1. The van der Waals surface area contributed by atoms with Crippen LogP contribution >= 0.6 is 0 Å². The highest BCUT2D eigenvalue weighted by molar-refractivity contribution is 5.80. The second-order valence-electron chi connectivity index (χ2n) is 8.78.